The molecule has 3 heterocycles. The Bertz CT molecular complexity index is 1060. The highest BCUT2D eigenvalue weighted by Gasteiger charge is 2.15. The van der Waals surface area contributed by atoms with Gasteiger partial charge in [-0.25, -0.2) is 4.98 Å². The second-order valence-electron chi connectivity index (χ2n) is 5.84. The van der Waals surface area contributed by atoms with Crippen LogP contribution in [0.5, 0.6) is 0 Å². The van der Waals surface area contributed by atoms with Crippen LogP contribution in [-0.4, -0.2) is 31.4 Å². The summed E-state index contributed by atoms with van der Waals surface area (Å²) in [4.78, 5) is 18.0. The lowest BCUT2D eigenvalue weighted by atomic mass is 10.2. The average molecular weight is 416 g/mol. The molecular formula is C18H17N5OS3. The summed E-state index contributed by atoms with van der Waals surface area (Å²) in [6, 6.07) is 9.97. The minimum Gasteiger partial charge on any atom is -0.305 e. The molecule has 0 atom stereocenters. The minimum atomic E-state index is -0.104. The molecule has 0 aliphatic heterocycles. The van der Waals surface area contributed by atoms with E-state index in [0.29, 0.717) is 10.3 Å². The maximum Gasteiger partial charge on any atom is 0.236 e. The number of nitrogens with zero attached hydrogens (tertiary/aromatic N) is 4. The van der Waals surface area contributed by atoms with Gasteiger partial charge in [-0.1, -0.05) is 42.2 Å². The largest absolute Gasteiger partial charge is 0.305 e. The van der Waals surface area contributed by atoms with Gasteiger partial charge < -0.3 is 9.88 Å². The Hall–Kier alpha value is -2.23. The predicted octanol–water partition coefficient (Wildman–Crippen LogP) is 4.45. The second-order valence-corrected chi connectivity index (χ2v) is 8.81. The van der Waals surface area contributed by atoms with Gasteiger partial charge in [0, 0.05) is 22.9 Å². The van der Waals surface area contributed by atoms with E-state index in [1.54, 1.807) is 11.3 Å². The Balaban J connectivity index is 1.40. The SMILES string of the molecule is CCc1cc(-c2nnc(SCC(=O)Nc3nc4ccccc4s3)n2C)cs1. The lowest BCUT2D eigenvalue weighted by Crippen LogP contribution is -2.14. The van der Waals surface area contributed by atoms with Gasteiger partial charge in [-0.3, -0.25) is 4.79 Å². The van der Waals surface area contributed by atoms with Gasteiger partial charge >= 0.3 is 0 Å². The molecule has 6 nitrogen and oxygen atoms in total. The zero-order valence-corrected chi connectivity index (χ0v) is 17.2. The zero-order chi connectivity index (χ0) is 18.8. The number of thiophene rings is 1. The Morgan fingerprint density at radius 3 is 2.93 bits per heavy atom. The third-order valence-corrected chi connectivity index (χ3v) is 7.02. The minimum absolute atomic E-state index is 0.104. The number of hydrogen-bond donors (Lipinski definition) is 1. The van der Waals surface area contributed by atoms with E-state index in [0.717, 1.165) is 28.0 Å². The van der Waals surface area contributed by atoms with Gasteiger partial charge in [0.05, 0.1) is 16.0 Å². The van der Waals surface area contributed by atoms with Gasteiger partial charge in [-0.2, -0.15) is 0 Å². The first kappa shape index (κ1) is 18.1. The number of para-hydroxylation sites is 1. The number of thioether (sulfide) groups is 1. The number of aryl methyl sites for hydroxylation is 1. The lowest BCUT2D eigenvalue weighted by Gasteiger charge is -2.03. The normalized spacial score (nSPS) is 11.2. The molecule has 0 aliphatic rings. The van der Waals surface area contributed by atoms with Crippen LogP contribution in [0.3, 0.4) is 0 Å². The molecule has 0 spiro atoms. The standard InChI is InChI=1S/C18H17N5OS3/c1-3-12-8-11(9-25-12)16-21-22-18(23(16)2)26-10-15(24)20-17-19-13-6-4-5-7-14(13)27-17/h4-9H,3,10H2,1-2H3,(H,19,20,24). The van der Waals surface area contributed by atoms with Gasteiger partial charge in [-0.15, -0.1) is 21.5 Å². The van der Waals surface area contributed by atoms with Gasteiger partial charge in [0.15, 0.2) is 16.1 Å². The van der Waals surface area contributed by atoms with E-state index >= 15 is 0 Å². The maximum absolute atomic E-state index is 12.3. The molecule has 0 bridgehead atoms. The number of carbonyl (C=O) groups excluding carboxylic acids is 1. The van der Waals surface area contributed by atoms with Crippen LogP contribution < -0.4 is 5.32 Å². The molecule has 1 N–H and O–H groups in total. The molecule has 4 rings (SSSR count). The summed E-state index contributed by atoms with van der Waals surface area (Å²) < 4.78 is 2.98. The fourth-order valence-corrected chi connectivity index (χ4v) is 4.99. The molecule has 0 unspecified atom stereocenters. The Morgan fingerprint density at radius 2 is 2.15 bits per heavy atom. The van der Waals surface area contributed by atoms with Gasteiger partial charge in [0.1, 0.15) is 0 Å². The first-order valence-electron chi connectivity index (χ1n) is 8.39. The Labute approximate surface area is 168 Å². The Kier molecular flexibility index (Phi) is 5.24. The number of fused-ring (bicyclic) bond motifs is 1. The fraction of sp³-hybridized carbons (Fsp3) is 0.222. The van der Waals surface area contributed by atoms with Crippen molar-refractivity contribution < 1.29 is 4.79 Å². The molecule has 9 heteroatoms. The van der Waals surface area contributed by atoms with Crippen molar-refractivity contribution in [2.24, 2.45) is 7.05 Å². The van der Waals surface area contributed by atoms with Crippen LogP contribution in [0.15, 0.2) is 40.9 Å². The van der Waals surface area contributed by atoms with E-state index < -0.39 is 0 Å². The summed E-state index contributed by atoms with van der Waals surface area (Å²) in [5, 5.41) is 14.8. The molecule has 138 valence electrons. The Morgan fingerprint density at radius 1 is 1.30 bits per heavy atom. The van der Waals surface area contributed by atoms with Gasteiger partial charge in [-0.05, 0) is 24.6 Å². The first-order valence-corrected chi connectivity index (χ1v) is 11.1. The van der Waals surface area contributed by atoms with Gasteiger partial charge in [0.25, 0.3) is 0 Å². The van der Waals surface area contributed by atoms with Crippen LogP contribution in [0.1, 0.15) is 11.8 Å². The molecule has 1 aromatic carbocycles. The van der Waals surface area contributed by atoms with Crippen LogP contribution >= 0.6 is 34.4 Å². The molecule has 0 aliphatic carbocycles. The van der Waals surface area contributed by atoms with Crippen LogP contribution in [0, 0.1) is 0 Å². The maximum atomic E-state index is 12.3. The highest BCUT2D eigenvalue weighted by Crippen LogP contribution is 2.28. The third-order valence-electron chi connectivity index (χ3n) is 3.97. The van der Waals surface area contributed by atoms with E-state index in [1.807, 2.05) is 35.9 Å². The average Bonchev–Trinajstić information content (AvgIpc) is 3.37. The molecule has 3 aromatic heterocycles. The molecule has 0 fully saturated rings. The number of aromatic nitrogens is 4. The third kappa shape index (κ3) is 3.90. The highest BCUT2D eigenvalue weighted by atomic mass is 32.2. The topological polar surface area (TPSA) is 72.7 Å². The molecule has 0 radical (unpaired) electrons. The van der Waals surface area contributed by atoms with Crippen molar-refractivity contribution in [2.75, 3.05) is 11.1 Å². The van der Waals surface area contributed by atoms with Crippen molar-refractivity contribution in [1.29, 1.82) is 0 Å². The fourth-order valence-electron chi connectivity index (χ4n) is 2.59. The number of rotatable bonds is 6. The van der Waals surface area contributed by atoms with Gasteiger partial charge in [0.2, 0.25) is 5.91 Å². The summed E-state index contributed by atoms with van der Waals surface area (Å²) in [5.41, 5.74) is 1.96. The van der Waals surface area contributed by atoms with Crippen molar-refractivity contribution in [3.8, 4) is 11.4 Å². The molecule has 0 saturated heterocycles. The van der Waals surface area contributed by atoms with Crippen LogP contribution in [0.4, 0.5) is 5.13 Å². The predicted molar refractivity (Wildman–Crippen MR) is 113 cm³/mol. The van der Waals surface area contributed by atoms with E-state index in [9.17, 15) is 4.79 Å². The van der Waals surface area contributed by atoms with Crippen molar-refractivity contribution in [1.82, 2.24) is 19.7 Å². The number of anilines is 1. The van der Waals surface area contributed by atoms with Crippen molar-refractivity contribution >= 4 is 55.7 Å². The van der Waals surface area contributed by atoms with E-state index in [-0.39, 0.29) is 11.7 Å². The number of amides is 1. The highest BCUT2D eigenvalue weighted by molar-refractivity contribution is 7.99. The summed E-state index contributed by atoms with van der Waals surface area (Å²) in [6.07, 6.45) is 1.01. The zero-order valence-electron chi connectivity index (χ0n) is 14.8. The van der Waals surface area contributed by atoms with Crippen LogP contribution in [0.25, 0.3) is 21.6 Å². The molecular weight excluding hydrogens is 398 g/mol. The van der Waals surface area contributed by atoms with E-state index in [4.69, 9.17) is 0 Å². The second kappa shape index (κ2) is 7.79. The number of hydrogen-bond acceptors (Lipinski definition) is 7. The number of thiazole rings is 1. The van der Waals surface area contributed by atoms with E-state index in [1.165, 1.54) is 28.0 Å². The van der Waals surface area contributed by atoms with E-state index in [2.05, 4.69) is 38.9 Å². The van der Waals surface area contributed by atoms with Crippen molar-refractivity contribution in [2.45, 2.75) is 18.5 Å². The molecule has 4 aromatic rings. The molecule has 1 amide bonds. The van der Waals surface area contributed by atoms with Crippen molar-refractivity contribution in [3.63, 3.8) is 0 Å². The monoisotopic (exact) mass is 415 g/mol. The summed E-state index contributed by atoms with van der Waals surface area (Å²) in [7, 11) is 1.92. The first-order chi connectivity index (χ1) is 13.1. The quantitative estimate of drug-likeness (QED) is 0.471. The number of carbonyl (C=O) groups is 1. The summed E-state index contributed by atoms with van der Waals surface area (Å²) >= 11 is 4.56. The molecule has 27 heavy (non-hydrogen) atoms. The van der Waals surface area contributed by atoms with Crippen molar-refractivity contribution in [3.05, 3.63) is 40.6 Å². The van der Waals surface area contributed by atoms with Crippen LogP contribution in [0.2, 0.25) is 0 Å². The summed E-state index contributed by atoms with van der Waals surface area (Å²) in [5.74, 6) is 0.971. The smallest absolute Gasteiger partial charge is 0.236 e. The number of nitrogens with one attached hydrogen (secondary N) is 1. The number of benzene rings is 1. The summed E-state index contributed by atoms with van der Waals surface area (Å²) in [6.45, 7) is 2.14. The van der Waals surface area contributed by atoms with Crippen LogP contribution in [-0.2, 0) is 18.3 Å². The lowest BCUT2D eigenvalue weighted by molar-refractivity contribution is -0.113. The molecule has 0 saturated carbocycles.